The van der Waals surface area contributed by atoms with E-state index in [0.29, 0.717) is 0 Å². The van der Waals surface area contributed by atoms with Crippen LogP contribution in [0.5, 0.6) is 0 Å². The van der Waals surface area contributed by atoms with Crippen molar-refractivity contribution in [3.8, 4) is 0 Å². The zero-order valence-corrected chi connectivity index (χ0v) is 28.0. The van der Waals surface area contributed by atoms with Crippen LogP contribution in [0.4, 0.5) is 0 Å². The molecule has 0 aliphatic heterocycles. The summed E-state index contributed by atoms with van der Waals surface area (Å²) in [6, 6.07) is 0. The molecule has 0 amide bonds. The average molecular weight is 548 g/mol. The van der Waals surface area contributed by atoms with E-state index in [2.05, 4.69) is 20.3 Å². The molecule has 0 aliphatic rings. The molecule has 0 spiro atoms. The van der Waals surface area contributed by atoms with Gasteiger partial charge in [-0.2, -0.15) is 0 Å². The van der Waals surface area contributed by atoms with E-state index in [0.717, 1.165) is 0 Å². The summed E-state index contributed by atoms with van der Waals surface area (Å²) >= 11 is 0. The van der Waals surface area contributed by atoms with E-state index in [1.807, 2.05) is 0 Å². The zero-order valence-electron chi connectivity index (χ0n) is 28.0. The summed E-state index contributed by atoms with van der Waals surface area (Å²) in [6.45, 7) is 4.61. The third-order valence-corrected chi connectivity index (χ3v) is 9.02. The SMILES string of the molecule is CCCCCCCCCCC[CH]CCCCCCCCCCCCCCCCCCCCCCCCCCC. The smallest absolute Gasteiger partial charge is 0.0386 e. The van der Waals surface area contributed by atoms with Gasteiger partial charge in [-0.15, -0.1) is 0 Å². The van der Waals surface area contributed by atoms with Gasteiger partial charge in [0, 0.05) is 0 Å². The molecule has 1 radical (unpaired) electrons. The lowest BCUT2D eigenvalue weighted by Crippen LogP contribution is -1.85. The van der Waals surface area contributed by atoms with E-state index < -0.39 is 0 Å². The predicted octanol–water partition coefficient (Wildman–Crippen LogP) is 15.3. The van der Waals surface area contributed by atoms with Crippen molar-refractivity contribution in [2.45, 2.75) is 245 Å². The standard InChI is InChI=1S/C39H79/c1-3-5-7-9-11-13-15-17-19-21-23-25-27-29-31-33-35-37-39-38-36-34-32-30-28-26-24-22-20-18-16-14-12-10-8-6-4-2/h23H,3-22,24-39H2,1-2H3. The lowest BCUT2D eigenvalue weighted by atomic mass is 10.0. The van der Waals surface area contributed by atoms with Crippen molar-refractivity contribution in [2.24, 2.45) is 0 Å². The fraction of sp³-hybridized carbons (Fsp3) is 0.974. The van der Waals surface area contributed by atoms with Crippen molar-refractivity contribution in [1.82, 2.24) is 0 Å². The largest absolute Gasteiger partial charge is 0.0654 e. The van der Waals surface area contributed by atoms with Crippen molar-refractivity contribution in [3.63, 3.8) is 0 Å². The fourth-order valence-electron chi connectivity index (χ4n) is 6.17. The molecule has 0 unspecified atom stereocenters. The van der Waals surface area contributed by atoms with Crippen LogP contribution in [0, 0.1) is 6.42 Å². The first-order valence-electron chi connectivity index (χ1n) is 19.2. The molecule has 39 heavy (non-hydrogen) atoms. The minimum absolute atomic E-state index is 1.37. The fourth-order valence-corrected chi connectivity index (χ4v) is 6.17. The van der Waals surface area contributed by atoms with Crippen LogP contribution in [0.2, 0.25) is 0 Å². The number of hydrogen-bond acceptors (Lipinski definition) is 0. The molecule has 0 heteroatoms. The van der Waals surface area contributed by atoms with Crippen LogP contribution in [0.25, 0.3) is 0 Å². The molecule has 0 atom stereocenters. The topological polar surface area (TPSA) is 0 Å². The minimum atomic E-state index is 1.37. The third kappa shape index (κ3) is 38.0. The molecule has 0 aliphatic carbocycles. The van der Waals surface area contributed by atoms with E-state index in [1.54, 1.807) is 0 Å². The Labute approximate surface area is 251 Å². The summed E-state index contributed by atoms with van der Waals surface area (Å²) in [5.74, 6) is 0. The Morgan fingerprint density at radius 3 is 0.538 bits per heavy atom. The van der Waals surface area contributed by atoms with Crippen molar-refractivity contribution >= 4 is 0 Å². The highest BCUT2D eigenvalue weighted by Crippen LogP contribution is 2.17. The maximum absolute atomic E-state index is 2.58. The van der Waals surface area contributed by atoms with Crippen LogP contribution in [0.1, 0.15) is 245 Å². The number of rotatable bonds is 36. The Balaban J connectivity index is 3.01. The Hall–Kier alpha value is 0. The second-order valence-corrected chi connectivity index (χ2v) is 13.2. The van der Waals surface area contributed by atoms with Crippen molar-refractivity contribution in [3.05, 3.63) is 6.42 Å². The molecule has 0 aromatic heterocycles. The van der Waals surface area contributed by atoms with E-state index in [1.165, 1.54) is 231 Å². The van der Waals surface area contributed by atoms with E-state index in [9.17, 15) is 0 Å². The van der Waals surface area contributed by atoms with Gasteiger partial charge in [0.2, 0.25) is 0 Å². The van der Waals surface area contributed by atoms with Crippen molar-refractivity contribution in [2.75, 3.05) is 0 Å². The van der Waals surface area contributed by atoms with Gasteiger partial charge in [-0.05, 0) is 6.42 Å². The highest BCUT2D eigenvalue weighted by atomic mass is 14.0. The summed E-state index contributed by atoms with van der Waals surface area (Å²) < 4.78 is 0. The molecule has 0 N–H and O–H groups in total. The molecule has 0 bridgehead atoms. The van der Waals surface area contributed by atoms with Gasteiger partial charge >= 0.3 is 0 Å². The van der Waals surface area contributed by atoms with Gasteiger partial charge in [-0.3, -0.25) is 0 Å². The number of unbranched alkanes of at least 4 members (excludes halogenated alkanes) is 36. The predicted molar refractivity (Wildman–Crippen MR) is 182 cm³/mol. The first kappa shape index (κ1) is 39.0. The number of hydrogen-bond donors (Lipinski definition) is 0. The van der Waals surface area contributed by atoms with E-state index in [4.69, 9.17) is 0 Å². The maximum Gasteiger partial charge on any atom is -0.0386 e. The quantitative estimate of drug-likeness (QED) is 0.0684. The second kappa shape index (κ2) is 38.0. The molecule has 0 rings (SSSR count). The third-order valence-electron chi connectivity index (χ3n) is 9.02. The maximum atomic E-state index is 2.58. The summed E-state index contributed by atoms with van der Waals surface area (Å²) in [4.78, 5) is 0. The molecule has 235 valence electrons. The molecule has 0 heterocycles. The van der Waals surface area contributed by atoms with E-state index >= 15 is 0 Å². The van der Waals surface area contributed by atoms with Gasteiger partial charge in [-0.25, -0.2) is 0 Å². The van der Waals surface area contributed by atoms with E-state index in [-0.39, 0.29) is 0 Å². The summed E-state index contributed by atoms with van der Waals surface area (Å²) in [6.07, 6.45) is 55.4. The first-order chi connectivity index (χ1) is 19.4. The Morgan fingerprint density at radius 2 is 0.359 bits per heavy atom. The molecule has 0 aromatic carbocycles. The average Bonchev–Trinajstić information content (AvgIpc) is 2.95. The molecular formula is C39H79. The van der Waals surface area contributed by atoms with Crippen LogP contribution >= 0.6 is 0 Å². The summed E-state index contributed by atoms with van der Waals surface area (Å²) in [5.41, 5.74) is 0. The Kier molecular flexibility index (Phi) is 38.0. The van der Waals surface area contributed by atoms with Gasteiger partial charge < -0.3 is 0 Å². The molecule has 0 saturated heterocycles. The zero-order chi connectivity index (χ0) is 28.2. The highest BCUT2D eigenvalue weighted by Gasteiger charge is 1.97. The minimum Gasteiger partial charge on any atom is -0.0654 e. The van der Waals surface area contributed by atoms with Crippen LogP contribution in [0.15, 0.2) is 0 Å². The van der Waals surface area contributed by atoms with Gasteiger partial charge in [-0.1, -0.05) is 245 Å². The van der Waals surface area contributed by atoms with Gasteiger partial charge in [0.15, 0.2) is 0 Å². The van der Waals surface area contributed by atoms with Crippen molar-refractivity contribution < 1.29 is 0 Å². The highest BCUT2D eigenvalue weighted by molar-refractivity contribution is 4.65. The lowest BCUT2D eigenvalue weighted by Gasteiger charge is -2.05. The van der Waals surface area contributed by atoms with Gasteiger partial charge in [0.1, 0.15) is 0 Å². The molecule has 0 nitrogen and oxygen atoms in total. The molecule has 0 saturated carbocycles. The van der Waals surface area contributed by atoms with Crippen LogP contribution < -0.4 is 0 Å². The van der Waals surface area contributed by atoms with Crippen LogP contribution in [-0.4, -0.2) is 0 Å². The Bertz CT molecular complexity index is 349. The molecule has 0 aromatic rings. The molecular weight excluding hydrogens is 468 g/mol. The first-order valence-corrected chi connectivity index (χ1v) is 19.2. The lowest BCUT2D eigenvalue weighted by molar-refractivity contribution is 0.515. The van der Waals surface area contributed by atoms with Gasteiger partial charge in [0.25, 0.3) is 0 Å². The second-order valence-electron chi connectivity index (χ2n) is 13.2. The van der Waals surface area contributed by atoms with Gasteiger partial charge in [0.05, 0.1) is 0 Å². The van der Waals surface area contributed by atoms with Crippen LogP contribution in [0.3, 0.4) is 0 Å². The summed E-state index contributed by atoms with van der Waals surface area (Å²) in [7, 11) is 0. The molecule has 0 fully saturated rings. The normalized spacial score (nSPS) is 11.5. The monoisotopic (exact) mass is 548 g/mol. The van der Waals surface area contributed by atoms with Crippen molar-refractivity contribution in [1.29, 1.82) is 0 Å². The summed E-state index contributed by atoms with van der Waals surface area (Å²) in [5, 5.41) is 0. The Morgan fingerprint density at radius 1 is 0.205 bits per heavy atom. The van der Waals surface area contributed by atoms with Crippen LogP contribution in [-0.2, 0) is 0 Å².